The summed E-state index contributed by atoms with van der Waals surface area (Å²) in [6.45, 7) is 4.64. The Kier molecular flexibility index (Phi) is 3.29. The van der Waals surface area contributed by atoms with E-state index in [0.717, 1.165) is 0 Å². The van der Waals surface area contributed by atoms with Crippen LogP contribution in [0.1, 0.15) is 44.6 Å². The minimum Gasteiger partial charge on any atom is -0.316 e. The second-order valence-electron chi connectivity index (χ2n) is 4.85. The number of rotatable bonds is 4. The van der Waals surface area contributed by atoms with Gasteiger partial charge in [0.15, 0.2) is 0 Å². The quantitative estimate of drug-likeness (QED) is 0.840. The van der Waals surface area contributed by atoms with Crippen LogP contribution in [0.2, 0.25) is 0 Å². The van der Waals surface area contributed by atoms with E-state index in [0.29, 0.717) is 17.4 Å². The van der Waals surface area contributed by atoms with Gasteiger partial charge in [-0.05, 0) is 55.3 Å². The molecule has 1 N–H and O–H groups in total. The molecule has 2 atom stereocenters. The van der Waals surface area contributed by atoms with Crippen molar-refractivity contribution in [3.63, 3.8) is 0 Å². The molecule has 2 unspecified atom stereocenters. The monoisotopic (exact) mass is 218 g/mol. The molecule has 1 fully saturated rings. The van der Waals surface area contributed by atoms with E-state index in [1.807, 2.05) is 12.4 Å². The first kappa shape index (κ1) is 11.6. The van der Waals surface area contributed by atoms with Gasteiger partial charge in [-0.2, -0.15) is 0 Å². The van der Waals surface area contributed by atoms with Crippen LogP contribution in [0.4, 0.5) is 0 Å². The zero-order valence-corrected chi connectivity index (χ0v) is 10.5. The number of hydrogen-bond acceptors (Lipinski definition) is 2. The fourth-order valence-corrected chi connectivity index (χ4v) is 3.49. The fourth-order valence-electron chi connectivity index (χ4n) is 3.49. The fraction of sp³-hybridized carbons (Fsp3) is 0.643. The average molecular weight is 218 g/mol. The molecular formula is C14H22N2. The summed E-state index contributed by atoms with van der Waals surface area (Å²) in [5, 5.41) is 3.48. The first-order chi connectivity index (χ1) is 7.78. The van der Waals surface area contributed by atoms with Crippen molar-refractivity contribution in [2.45, 2.75) is 45.1 Å². The van der Waals surface area contributed by atoms with Gasteiger partial charge in [-0.15, -0.1) is 0 Å². The summed E-state index contributed by atoms with van der Waals surface area (Å²) in [4.78, 5) is 4.11. The van der Waals surface area contributed by atoms with Crippen LogP contribution in [-0.2, 0) is 0 Å². The van der Waals surface area contributed by atoms with Crippen LogP contribution in [0.5, 0.6) is 0 Å². The number of hydrogen-bond donors (Lipinski definition) is 1. The lowest BCUT2D eigenvalue weighted by Gasteiger charge is -2.56. The normalized spacial score (nSPS) is 27.4. The smallest absolute Gasteiger partial charge is 0.0270 e. The molecule has 1 heterocycles. The van der Waals surface area contributed by atoms with Crippen molar-refractivity contribution in [3.8, 4) is 0 Å². The molecule has 1 aliphatic carbocycles. The Bertz CT molecular complexity index is 330. The van der Waals surface area contributed by atoms with Gasteiger partial charge >= 0.3 is 0 Å². The van der Waals surface area contributed by atoms with E-state index in [9.17, 15) is 0 Å². The van der Waals surface area contributed by atoms with Crippen LogP contribution < -0.4 is 5.32 Å². The zero-order chi connectivity index (χ0) is 11.6. The van der Waals surface area contributed by atoms with Gasteiger partial charge < -0.3 is 5.32 Å². The van der Waals surface area contributed by atoms with Crippen LogP contribution >= 0.6 is 0 Å². The summed E-state index contributed by atoms with van der Waals surface area (Å²) in [5.74, 6) is 0.711. The van der Waals surface area contributed by atoms with Crippen LogP contribution in [0, 0.1) is 5.41 Å². The molecule has 0 bridgehead atoms. The second-order valence-corrected chi connectivity index (χ2v) is 4.85. The first-order valence-electron chi connectivity index (χ1n) is 6.35. The Morgan fingerprint density at radius 3 is 2.44 bits per heavy atom. The Balaban J connectivity index is 2.25. The van der Waals surface area contributed by atoms with Crippen LogP contribution in [0.15, 0.2) is 24.5 Å². The van der Waals surface area contributed by atoms with Crippen molar-refractivity contribution < 1.29 is 0 Å². The van der Waals surface area contributed by atoms with Gasteiger partial charge in [0.2, 0.25) is 0 Å². The average Bonchev–Trinajstić information content (AvgIpc) is 2.32. The Morgan fingerprint density at radius 2 is 1.94 bits per heavy atom. The van der Waals surface area contributed by atoms with Crippen LogP contribution in [-0.4, -0.2) is 18.1 Å². The Morgan fingerprint density at radius 1 is 1.31 bits per heavy atom. The summed E-state index contributed by atoms with van der Waals surface area (Å²) in [6.07, 6.45) is 7.60. The topological polar surface area (TPSA) is 24.9 Å². The van der Waals surface area contributed by atoms with Gasteiger partial charge in [-0.3, -0.25) is 4.98 Å². The molecule has 1 aromatic rings. The molecular weight excluding hydrogens is 196 g/mol. The highest BCUT2D eigenvalue weighted by molar-refractivity contribution is 5.26. The first-order valence-corrected chi connectivity index (χ1v) is 6.35. The van der Waals surface area contributed by atoms with E-state index in [1.165, 1.54) is 24.8 Å². The molecule has 0 aromatic carbocycles. The third-order valence-corrected chi connectivity index (χ3v) is 4.63. The summed E-state index contributed by atoms with van der Waals surface area (Å²) < 4.78 is 0. The van der Waals surface area contributed by atoms with Gasteiger partial charge in [0, 0.05) is 18.4 Å². The molecule has 88 valence electrons. The predicted octanol–water partition coefficient (Wildman–Crippen LogP) is 2.96. The molecule has 0 aliphatic heterocycles. The van der Waals surface area contributed by atoms with Crippen molar-refractivity contribution in [2.75, 3.05) is 7.05 Å². The van der Waals surface area contributed by atoms with Gasteiger partial charge in [0.05, 0.1) is 0 Å². The summed E-state index contributed by atoms with van der Waals surface area (Å²) in [7, 11) is 2.09. The summed E-state index contributed by atoms with van der Waals surface area (Å²) >= 11 is 0. The van der Waals surface area contributed by atoms with Gasteiger partial charge in [-0.25, -0.2) is 0 Å². The summed E-state index contributed by atoms with van der Waals surface area (Å²) in [6, 6.07) is 5.04. The lowest BCUT2D eigenvalue weighted by atomic mass is 9.52. The minimum absolute atomic E-state index is 0.454. The molecule has 16 heavy (non-hydrogen) atoms. The molecule has 1 saturated carbocycles. The molecule has 2 rings (SSSR count). The Labute approximate surface area is 98.5 Å². The molecule has 0 saturated heterocycles. The van der Waals surface area contributed by atoms with E-state index in [4.69, 9.17) is 0 Å². The molecule has 2 heteroatoms. The van der Waals surface area contributed by atoms with E-state index >= 15 is 0 Å². The Hall–Kier alpha value is -0.890. The van der Waals surface area contributed by atoms with E-state index < -0.39 is 0 Å². The highest BCUT2D eigenvalue weighted by Gasteiger charge is 2.51. The summed E-state index contributed by atoms with van der Waals surface area (Å²) in [5.41, 5.74) is 1.92. The molecule has 0 spiro atoms. The van der Waals surface area contributed by atoms with E-state index in [2.05, 4.69) is 43.3 Å². The van der Waals surface area contributed by atoms with Crippen LogP contribution in [0.25, 0.3) is 0 Å². The number of aromatic nitrogens is 1. The third kappa shape index (κ3) is 1.56. The van der Waals surface area contributed by atoms with Crippen molar-refractivity contribution in [2.24, 2.45) is 5.41 Å². The molecule has 0 radical (unpaired) electrons. The number of nitrogens with zero attached hydrogens (tertiary/aromatic N) is 1. The van der Waals surface area contributed by atoms with E-state index in [-0.39, 0.29) is 0 Å². The molecule has 2 nitrogen and oxygen atoms in total. The van der Waals surface area contributed by atoms with Crippen molar-refractivity contribution in [3.05, 3.63) is 30.1 Å². The van der Waals surface area contributed by atoms with E-state index in [1.54, 1.807) is 0 Å². The molecule has 0 amide bonds. The van der Waals surface area contributed by atoms with Crippen molar-refractivity contribution in [1.29, 1.82) is 0 Å². The lowest BCUT2D eigenvalue weighted by molar-refractivity contribution is 0.0245. The minimum atomic E-state index is 0.454. The van der Waals surface area contributed by atoms with Crippen molar-refractivity contribution in [1.82, 2.24) is 10.3 Å². The van der Waals surface area contributed by atoms with Gasteiger partial charge in [-0.1, -0.05) is 13.8 Å². The number of nitrogens with one attached hydrogen (secondary N) is 1. The molecule has 1 aromatic heterocycles. The largest absolute Gasteiger partial charge is 0.316 e. The van der Waals surface area contributed by atoms with Gasteiger partial charge in [0.1, 0.15) is 0 Å². The van der Waals surface area contributed by atoms with Crippen molar-refractivity contribution >= 4 is 0 Å². The highest BCUT2D eigenvalue weighted by atomic mass is 14.9. The maximum Gasteiger partial charge on any atom is 0.0270 e. The second kappa shape index (κ2) is 4.54. The third-order valence-electron chi connectivity index (χ3n) is 4.63. The standard InChI is InChI=1S/C14H22N2/c1-4-14(5-2)12(10-13(14)15-3)11-6-8-16-9-7-11/h6-9,12-13,15H,4-5,10H2,1-3H3. The van der Waals surface area contributed by atoms with Crippen LogP contribution in [0.3, 0.4) is 0 Å². The van der Waals surface area contributed by atoms with Gasteiger partial charge in [0.25, 0.3) is 0 Å². The highest BCUT2D eigenvalue weighted by Crippen LogP contribution is 2.56. The number of pyridine rings is 1. The maximum absolute atomic E-state index is 4.11. The zero-order valence-electron chi connectivity index (χ0n) is 10.5. The molecule has 1 aliphatic rings. The maximum atomic E-state index is 4.11. The predicted molar refractivity (Wildman–Crippen MR) is 67.5 cm³/mol. The lowest BCUT2D eigenvalue weighted by Crippen LogP contribution is -2.57. The SMILES string of the molecule is CCC1(CC)C(NC)CC1c1ccncc1.